The Kier molecular flexibility index (Phi) is 6.76. The summed E-state index contributed by atoms with van der Waals surface area (Å²) >= 11 is 0. The van der Waals surface area contributed by atoms with E-state index in [0.717, 1.165) is 0 Å². The van der Waals surface area contributed by atoms with E-state index in [9.17, 15) is 0 Å². The molecule has 1 nitrogen and oxygen atoms in total. The highest BCUT2D eigenvalue weighted by molar-refractivity contribution is 6.90. The fourth-order valence-corrected chi connectivity index (χ4v) is 9.67. The summed E-state index contributed by atoms with van der Waals surface area (Å²) in [5.74, 6) is 0. The maximum absolute atomic E-state index is 2.52. The second kappa shape index (κ2) is 8.62. The fraction of sp³-hybridized carbons (Fsp3) is 0.531. The van der Waals surface area contributed by atoms with Gasteiger partial charge in [-0.15, -0.1) is 0 Å². The van der Waals surface area contributed by atoms with Gasteiger partial charge in [0.15, 0.2) is 6.20 Å². The number of aryl methyl sites for hydroxylation is 1. The zero-order chi connectivity index (χ0) is 25.9. The van der Waals surface area contributed by atoms with Crippen molar-refractivity contribution in [1.82, 2.24) is 0 Å². The largest absolute Gasteiger partial charge is 0.220 e. The number of aromatic nitrogens is 1. The van der Waals surface area contributed by atoms with Crippen LogP contribution >= 0.6 is 0 Å². The van der Waals surface area contributed by atoms with Gasteiger partial charge in [-0.05, 0) is 63.4 Å². The van der Waals surface area contributed by atoms with Gasteiger partial charge in [0.2, 0.25) is 5.69 Å². The molecule has 0 aliphatic rings. The van der Waals surface area contributed by atoms with Crippen molar-refractivity contribution >= 4 is 24.0 Å². The molecule has 0 aliphatic carbocycles. The van der Waals surface area contributed by atoms with Gasteiger partial charge in [0.05, 0.1) is 19.0 Å². The first-order chi connectivity index (χ1) is 15.3. The van der Waals surface area contributed by atoms with Gasteiger partial charge < -0.3 is 0 Å². The molecule has 0 fully saturated rings. The molecule has 184 valence electrons. The van der Waals surface area contributed by atoms with Crippen LogP contribution in [-0.4, -0.2) is 8.07 Å². The van der Waals surface area contributed by atoms with Crippen LogP contribution in [0.3, 0.4) is 0 Å². The molecular weight excluding hydrogens is 426 g/mol. The Hall–Kier alpha value is -1.93. The summed E-state index contributed by atoms with van der Waals surface area (Å²) in [6.07, 6.45) is 2.25. The van der Waals surface area contributed by atoms with E-state index in [4.69, 9.17) is 0 Å². The molecule has 1 aromatic heterocycles. The van der Waals surface area contributed by atoms with E-state index in [-0.39, 0.29) is 10.8 Å². The van der Waals surface area contributed by atoms with Gasteiger partial charge in [0, 0.05) is 6.07 Å². The Balaban J connectivity index is 2.31. The number of pyridine rings is 1. The Bertz CT molecular complexity index is 1210. The van der Waals surface area contributed by atoms with Gasteiger partial charge in [-0.25, -0.2) is 4.57 Å². The lowest BCUT2D eigenvalue weighted by molar-refractivity contribution is -0.659. The SMILES string of the molecule is Cc1c(-c2c3ccc([Si](C)(C)CC(C)(C)C)cc3cc[n+]2C)cc(C(C)(C)C)cc1C(C)(C)C. The summed E-state index contributed by atoms with van der Waals surface area (Å²) in [6, 6.07) is 15.8. The zero-order valence-corrected chi connectivity index (χ0v) is 25.2. The summed E-state index contributed by atoms with van der Waals surface area (Å²) in [5.41, 5.74) is 7.49. The molecule has 0 spiro atoms. The van der Waals surface area contributed by atoms with Gasteiger partial charge in [0.1, 0.15) is 7.05 Å². The predicted octanol–water partition coefficient (Wildman–Crippen LogP) is 8.20. The normalized spacial score (nSPS) is 13.6. The Morgan fingerprint density at radius 1 is 0.794 bits per heavy atom. The first kappa shape index (κ1) is 26.7. The van der Waals surface area contributed by atoms with Gasteiger partial charge in [-0.1, -0.05) is 98.8 Å². The lowest BCUT2D eigenvalue weighted by Gasteiger charge is -2.31. The van der Waals surface area contributed by atoms with E-state index in [1.54, 1.807) is 5.19 Å². The van der Waals surface area contributed by atoms with Crippen LogP contribution in [0.25, 0.3) is 22.0 Å². The quantitative estimate of drug-likeness (QED) is 0.266. The van der Waals surface area contributed by atoms with E-state index >= 15 is 0 Å². The molecule has 34 heavy (non-hydrogen) atoms. The highest BCUT2D eigenvalue weighted by Crippen LogP contribution is 2.38. The molecule has 0 radical (unpaired) electrons. The average Bonchev–Trinajstić information content (AvgIpc) is 2.64. The minimum absolute atomic E-state index is 0.0962. The lowest BCUT2D eigenvalue weighted by Crippen LogP contribution is -2.44. The second-order valence-electron chi connectivity index (χ2n) is 14.4. The van der Waals surface area contributed by atoms with Crippen molar-refractivity contribution in [1.29, 1.82) is 0 Å². The molecule has 0 bridgehead atoms. The summed E-state index contributed by atoms with van der Waals surface area (Å²) in [7, 11) is 0.668. The van der Waals surface area contributed by atoms with Crippen LogP contribution in [0.2, 0.25) is 19.1 Å². The van der Waals surface area contributed by atoms with Crippen molar-refractivity contribution in [2.75, 3.05) is 0 Å². The smallest absolute Gasteiger partial charge is 0.200 e. The van der Waals surface area contributed by atoms with Crippen LogP contribution in [0, 0.1) is 12.3 Å². The van der Waals surface area contributed by atoms with E-state index < -0.39 is 8.07 Å². The lowest BCUT2D eigenvalue weighted by atomic mass is 9.76. The van der Waals surface area contributed by atoms with Crippen molar-refractivity contribution in [3.63, 3.8) is 0 Å². The van der Waals surface area contributed by atoms with Gasteiger partial charge in [0.25, 0.3) is 0 Å². The molecule has 0 unspecified atom stereocenters. The van der Waals surface area contributed by atoms with Crippen LogP contribution in [0.5, 0.6) is 0 Å². The molecule has 2 heteroatoms. The standard InChI is InChI=1S/C32H48NSi/c1-22-27(19-24(31(5,6)7)20-28(22)32(8,9)10)29-26-15-14-25(18-23(26)16-17-33(29)11)34(12,13)21-30(2,3)4/h14-20H,21H2,1-13H3/q+1. The molecular formula is C32H48NSi+. The minimum atomic E-state index is -1.53. The molecule has 0 saturated carbocycles. The summed E-state index contributed by atoms with van der Waals surface area (Å²) < 4.78 is 2.32. The van der Waals surface area contributed by atoms with Crippen LogP contribution in [-0.2, 0) is 17.9 Å². The fourth-order valence-electron chi connectivity index (χ4n) is 5.73. The average molecular weight is 475 g/mol. The second-order valence-corrected chi connectivity index (χ2v) is 19.1. The molecule has 0 atom stereocenters. The van der Waals surface area contributed by atoms with Crippen LogP contribution < -0.4 is 9.75 Å². The Morgan fingerprint density at radius 2 is 1.41 bits per heavy atom. The molecule has 1 heterocycles. The van der Waals surface area contributed by atoms with Crippen molar-refractivity contribution in [2.45, 2.75) is 99.2 Å². The van der Waals surface area contributed by atoms with E-state index in [1.807, 2.05) is 0 Å². The minimum Gasteiger partial charge on any atom is -0.200 e. The van der Waals surface area contributed by atoms with E-state index in [1.165, 1.54) is 44.8 Å². The molecule has 0 amide bonds. The first-order valence-electron chi connectivity index (χ1n) is 12.9. The van der Waals surface area contributed by atoms with E-state index in [0.29, 0.717) is 5.41 Å². The van der Waals surface area contributed by atoms with Gasteiger partial charge in [-0.3, -0.25) is 0 Å². The predicted molar refractivity (Wildman–Crippen MR) is 154 cm³/mol. The third kappa shape index (κ3) is 5.48. The maximum Gasteiger partial charge on any atom is 0.220 e. The van der Waals surface area contributed by atoms with Crippen LogP contribution in [0.15, 0.2) is 42.6 Å². The van der Waals surface area contributed by atoms with Crippen molar-refractivity contribution < 1.29 is 4.57 Å². The number of hydrogen-bond acceptors (Lipinski definition) is 0. The molecule has 3 rings (SSSR count). The van der Waals surface area contributed by atoms with Crippen molar-refractivity contribution in [2.24, 2.45) is 12.5 Å². The van der Waals surface area contributed by atoms with Gasteiger partial charge >= 0.3 is 0 Å². The molecule has 0 saturated heterocycles. The first-order valence-corrected chi connectivity index (χ1v) is 16.1. The molecule has 0 aliphatic heterocycles. The molecule has 2 aromatic carbocycles. The summed E-state index contributed by atoms with van der Waals surface area (Å²) in [4.78, 5) is 0. The number of rotatable bonds is 3. The third-order valence-electron chi connectivity index (χ3n) is 7.23. The summed E-state index contributed by atoms with van der Waals surface area (Å²) in [5, 5.41) is 4.27. The number of benzene rings is 2. The monoisotopic (exact) mass is 474 g/mol. The van der Waals surface area contributed by atoms with E-state index in [2.05, 4.69) is 137 Å². The zero-order valence-electron chi connectivity index (χ0n) is 24.2. The number of hydrogen-bond donors (Lipinski definition) is 0. The van der Waals surface area contributed by atoms with Gasteiger partial charge in [-0.2, -0.15) is 0 Å². The van der Waals surface area contributed by atoms with Crippen molar-refractivity contribution in [3.05, 3.63) is 59.3 Å². The molecule has 3 aromatic rings. The highest BCUT2D eigenvalue weighted by atomic mass is 28.3. The summed E-state index contributed by atoms with van der Waals surface area (Å²) in [6.45, 7) is 28.5. The van der Waals surface area contributed by atoms with Crippen molar-refractivity contribution in [3.8, 4) is 11.3 Å². The van der Waals surface area contributed by atoms with Crippen LogP contribution in [0.1, 0.15) is 79.0 Å². The number of fused-ring (bicyclic) bond motifs is 1. The highest BCUT2D eigenvalue weighted by Gasteiger charge is 2.31. The Morgan fingerprint density at radius 3 is 1.94 bits per heavy atom. The maximum atomic E-state index is 2.52. The number of nitrogens with zero attached hydrogens (tertiary/aromatic N) is 1. The third-order valence-corrected chi connectivity index (χ3v) is 11.0. The Labute approximate surface area is 210 Å². The molecule has 0 N–H and O–H groups in total. The van der Waals surface area contributed by atoms with Crippen LogP contribution in [0.4, 0.5) is 0 Å². The topological polar surface area (TPSA) is 3.88 Å².